The molecule has 0 saturated carbocycles. The lowest BCUT2D eigenvalue weighted by molar-refractivity contribution is -0.127. The van der Waals surface area contributed by atoms with Gasteiger partial charge in [0, 0.05) is 37.0 Å². The minimum atomic E-state index is 0.00498. The van der Waals surface area contributed by atoms with Crippen LogP contribution in [0.3, 0.4) is 0 Å². The fourth-order valence-corrected chi connectivity index (χ4v) is 4.31. The van der Waals surface area contributed by atoms with Gasteiger partial charge < -0.3 is 15.1 Å². The van der Waals surface area contributed by atoms with Crippen molar-refractivity contribution in [1.82, 2.24) is 15.1 Å². The second-order valence-corrected chi connectivity index (χ2v) is 8.40. The van der Waals surface area contributed by atoms with E-state index in [-0.39, 0.29) is 23.9 Å². The Bertz CT molecular complexity index is 562. The summed E-state index contributed by atoms with van der Waals surface area (Å²) in [5.74, 6) is 0.667. The first-order chi connectivity index (χ1) is 12.5. The van der Waals surface area contributed by atoms with Crippen molar-refractivity contribution in [2.75, 3.05) is 26.2 Å². The third-order valence-corrected chi connectivity index (χ3v) is 6.07. The summed E-state index contributed by atoms with van der Waals surface area (Å²) in [5, 5.41) is 5.33. The van der Waals surface area contributed by atoms with E-state index in [1.165, 1.54) is 4.88 Å². The summed E-state index contributed by atoms with van der Waals surface area (Å²) in [6.45, 7) is 11.2. The number of piperidine rings is 1. The molecule has 0 radical (unpaired) electrons. The molecule has 0 aliphatic carbocycles. The maximum atomic E-state index is 12.8. The molecule has 1 aliphatic rings. The lowest BCUT2D eigenvalue weighted by Gasteiger charge is -2.35. The predicted molar refractivity (Wildman–Crippen MR) is 107 cm³/mol. The molecule has 1 atom stereocenters. The molecule has 2 heterocycles. The van der Waals surface area contributed by atoms with Crippen molar-refractivity contribution in [1.29, 1.82) is 0 Å². The number of rotatable bonds is 7. The molecule has 1 unspecified atom stereocenters. The highest BCUT2D eigenvalue weighted by atomic mass is 32.1. The Morgan fingerprint density at radius 2 is 1.92 bits per heavy atom. The van der Waals surface area contributed by atoms with E-state index in [1.807, 2.05) is 29.7 Å². The lowest BCUT2D eigenvalue weighted by Crippen LogP contribution is -2.48. The van der Waals surface area contributed by atoms with Crippen LogP contribution in [0.4, 0.5) is 4.79 Å². The Kier molecular flexibility index (Phi) is 7.94. The van der Waals surface area contributed by atoms with Crippen LogP contribution < -0.4 is 5.32 Å². The SMILES string of the molecule is CCN(CC)C(=O)N1CCC(C(=O)NC(CC(C)C)c2cccs2)CC1. The molecule has 1 aliphatic heterocycles. The van der Waals surface area contributed by atoms with E-state index in [1.54, 1.807) is 11.3 Å². The van der Waals surface area contributed by atoms with Crippen LogP contribution in [-0.4, -0.2) is 47.9 Å². The van der Waals surface area contributed by atoms with Crippen LogP contribution in [0.1, 0.15) is 57.9 Å². The van der Waals surface area contributed by atoms with Crippen LogP contribution in [0, 0.1) is 11.8 Å². The molecule has 2 rings (SSSR count). The van der Waals surface area contributed by atoms with E-state index in [2.05, 4.69) is 30.6 Å². The maximum absolute atomic E-state index is 12.8. The second kappa shape index (κ2) is 9.95. The van der Waals surface area contributed by atoms with E-state index >= 15 is 0 Å². The monoisotopic (exact) mass is 379 g/mol. The highest BCUT2D eigenvalue weighted by Gasteiger charge is 2.30. The summed E-state index contributed by atoms with van der Waals surface area (Å²) in [4.78, 5) is 30.2. The van der Waals surface area contributed by atoms with E-state index in [0.717, 1.165) is 32.4 Å². The number of urea groups is 1. The molecule has 5 nitrogen and oxygen atoms in total. The highest BCUT2D eigenvalue weighted by Crippen LogP contribution is 2.27. The number of thiophene rings is 1. The molecule has 1 aromatic heterocycles. The number of hydrogen-bond acceptors (Lipinski definition) is 3. The zero-order valence-electron chi connectivity index (χ0n) is 16.5. The van der Waals surface area contributed by atoms with Crippen molar-refractivity contribution in [3.8, 4) is 0 Å². The first-order valence-corrected chi connectivity index (χ1v) is 10.7. The summed E-state index contributed by atoms with van der Waals surface area (Å²) < 4.78 is 0. The molecule has 0 spiro atoms. The molecular formula is C20H33N3O2S. The summed E-state index contributed by atoms with van der Waals surface area (Å²) in [6, 6.07) is 4.34. The largest absolute Gasteiger partial charge is 0.348 e. The van der Waals surface area contributed by atoms with Crippen LogP contribution in [0.15, 0.2) is 17.5 Å². The van der Waals surface area contributed by atoms with Crippen LogP contribution in [-0.2, 0) is 4.79 Å². The van der Waals surface area contributed by atoms with Gasteiger partial charge in [-0.25, -0.2) is 4.79 Å². The number of nitrogens with one attached hydrogen (secondary N) is 1. The molecule has 1 aromatic rings. The quantitative estimate of drug-likeness (QED) is 0.774. The van der Waals surface area contributed by atoms with Gasteiger partial charge in [0.15, 0.2) is 0 Å². The minimum Gasteiger partial charge on any atom is -0.348 e. The minimum absolute atomic E-state index is 0.00498. The van der Waals surface area contributed by atoms with Gasteiger partial charge in [-0.05, 0) is 50.5 Å². The number of hydrogen-bond donors (Lipinski definition) is 1. The Morgan fingerprint density at radius 3 is 2.42 bits per heavy atom. The molecule has 6 heteroatoms. The zero-order chi connectivity index (χ0) is 19.1. The molecule has 0 aromatic carbocycles. The Morgan fingerprint density at radius 1 is 1.27 bits per heavy atom. The number of carbonyl (C=O) groups excluding carboxylic acids is 2. The van der Waals surface area contributed by atoms with Gasteiger partial charge in [0.2, 0.25) is 5.91 Å². The number of likely N-dealkylation sites (tertiary alicyclic amines) is 1. The number of amides is 3. The van der Waals surface area contributed by atoms with Gasteiger partial charge in [0.25, 0.3) is 0 Å². The first-order valence-electron chi connectivity index (χ1n) is 9.83. The van der Waals surface area contributed by atoms with Crippen molar-refractivity contribution in [3.05, 3.63) is 22.4 Å². The fraction of sp³-hybridized carbons (Fsp3) is 0.700. The smallest absolute Gasteiger partial charge is 0.319 e. The molecular weight excluding hydrogens is 346 g/mol. The van der Waals surface area contributed by atoms with E-state index < -0.39 is 0 Å². The summed E-state index contributed by atoms with van der Waals surface area (Å²) >= 11 is 1.70. The van der Waals surface area contributed by atoms with Crippen molar-refractivity contribution >= 4 is 23.3 Å². The third-order valence-electron chi connectivity index (χ3n) is 5.08. The van der Waals surface area contributed by atoms with Crippen molar-refractivity contribution in [2.24, 2.45) is 11.8 Å². The molecule has 1 saturated heterocycles. The van der Waals surface area contributed by atoms with Crippen LogP contribution >= 0.6 is 11.3 Å². The van der Waals surface area contributed by atoms with Crippen molar-refractivity contribution < 1.29 is 9.59 Å². The topological polar surface area (TPSA) is 52.7 Å². The molecule has 1 N–H and O–H groups in total. The summed E-state index contributed by atoms with van der Waals surface area (Å²) in [6.07, 6.45) is 2.45. The van der Waals surface area contributed by atoms with Gasteiger partial charge >= 0.3 is 6.03 Å². The Hall–Kier alpha value is -1.56. The molecule has 1 fully saturated rings. The van der Waals surface area contributed by atoms with E-state index in [0.29, 0.717) is 19.0 Å². The average molecular weight is 380 g/mol. The molecule has 26 heavy (non-hydrogen) atoms. The Balaban J connectivity index is 1.90. The highest BCUT2D eigenvalue weighted by molar-refractivity contribution is 7.10. The number of carbonyl (C=O) groups is 2. The normalized spacial score (nSPS) is 16.6. The molecule has 0 bridgehead atoms. The maximum Gasteiger partial charge on any atom is 0.319 e. The standard InChI is InChI=1S/C20H33N3O2S/c1-5-22(6-2)20(25)23-11-9-16(10-12-23)19(24)21-17(14-15(3)4)18-8-7-13-26-18/h7-8,13,15-17H,5-6,9-12,14H2,1-4H3,(H,21,24). The Labute approximate surface area is 161 Å². The van der Waals surface area contributed by atoms with Gasteiger partial charge in [-0.1, -0.05) is 19.9 Å². The predicted octanol–water partition coefficient (Wildman–Crippen LogP) is 4.13. The van der Waals surface area contributed by atoms with Gasteiger partial charge in [0.1, 0.15) is 0 Å². The summed E-state index contributed by atoms with van der Waals surface area (Å²) in [7, 11) is 0. The van der Waals surface area contributed by atoms with Crippen LogP contribution in [0.2, 0.25) is 0 Å². The summed E-state index contributed by atoms with van der Waals surface area (Å²) in [5.41, 5.74) is 0. The molecule has 146 valence electrons. The fourth-order valence-electron chi connectivity index (χ4n) is 3.52. The van der Waals surface area contributed by atoms with Gasteiger partial charge in [-0.2, -0.15) is 0 Å². The molecule has 3 amide bonds. The van der Waals surface area contributed by atoms with Crippen molar-refractivity contribution in [2.45, 2.75) is 53.0 Å². The third kappa shape index (κ3) is 5.47. The lowest BCUT2D eigenvalue weighted by atomic mass is 9.94. The van der Waals surface area contributed by atoms with Crippen molar-refractivity contribution in [3.63, 3.8) is 0 Å². The zero-order valence-corrected chi connectivity index (χ0v) is 17.3. The van der Waals surface area contributed by atoms with Gasteiger partial charge in [0.05, 0.1) is 6.04 Å². The first kappa shape index (κ1) is 20.7. The van der Waals surface area contributed by atoms with E-state index in [9.17, 15) is 9.59 Å². The van der Waals surface area contributed by atoms with Crippen LogP contribution in [0.25, 0.3) is 0 Å². The number of nitrogens with zero attached hydrogens (tertiary/aromatic N) is 2. The van der Waals surface area contributed by atoms with Gasteiger partial charge in [-0.3, -0.25) is 4.79 Å². The van der Waals surface area contributed by atoms with Crippen LogP contribution in [0.5, 0.6) is 0 Å². The van der Waals surface area contributed by atoms with E-state index in [4.69, 9.17) is 0 Å². The average Bonchev–Trinajstić information content (AvgIpc) is 3.16. The van der Waals surface area contributed by atoms with Gasteiger partial charge in [-0.15, -0.1) is 11.3 Å². The second-order valence-electron chi connectivity index (χ2n) is 7.42.